The molecule has 0 saturated carbocycles. The van der Waals surface area contributed by atoms with Gasteiger partial charge in [0.05, 0.1) is 0 Å². The number of hydrogen-bond acceptors (Lipinski definition) is 3. The lowest BCUT2D eigenvalue weighted by Crippen LogP contribution is -2.36. The number of ether oxygens (including phenoxy) is 1. The van der Waals surface area contributed by atoms with Crippen LogP contribution in [0.15, 0.2) is 54.6 Å². The molecule has 0 spiro atoms. The van der Waals surface area contributed by atoms with Gasteiger partial charge < -0.3 is 10.1 Å². The SMILES string of the molecule is CCC(=O)c1ccc(OCC(=O)N[C@H](C)CCc2ccccc2)cc1. The number of nitrogens with one attached hydrogen (secondary N) is 1. The van der Waals surface area contributed by atoms with E-state index < -0.39 is 0 Å². The van der Waals surface area contributed by atoms with E-state index in [0.717, 1.165) is 12.8 Å². The summed E-state index contributed by atoms with van der Waals surface area (Å²) < 4.78 is 5.48. The van der Waals surface area contributed by atoms with Crippen LogP contribution in [0.5, 0.6) is 5.75 Å². The van der Waals surface area contributed by atoms with Gasteiger partial charge in [-0.2, -0.15) is 0 Å². The maximum atomic E-state index is 12.0. The van der Waals surface area contributed by atoms with E-state index in [1.54, 1.807) is 24.3 Å². The number of ketones is 1. The van der Waals surface area contributed by atoms with Crippen molar-refractivity contribution < 1.29 is 14.3 Å². The summed E-state index contributed by atoms with van der Waals surface area (Å²) in [6.07, 6.45) is 2.28. The van der Waals surface area contributed by atoms with Gasteiger partial charge in [0, 0.05) is 18.0 Å². The molecule has 0 heterocycles. The van der Waals surface area contributed by atoms with Gasteiger partial charge in [0.1, 0.15) is 5.75 Å². The fourth-order valence-corrected chi connectivity index (χ4v) is 2.51. The van der Waals surface area contributed by atoms with Crippen molar-refractivity contribution in [3.8, 4) is 5.75 Å². The second-order valence-electron chi connectivity index (χ2n) is 6.08. The lowest BCUT2D eigenvalue weighted by molar-refractivity contribution is -0.123. The van der Waals surface area contributed by atoms with Crippen molar-refractivity contribution in [1.82, 2.24) is 5.32 Å². The van der Waals surface area contributed by atoms with Crippen LogP contribution in [0.25, 0.3) is 0 Å². The zero-order chi connectivity index (χ0) is 18.1. The average Bonchev–Trinajstić information content (AvgIpc) is 2.65. The molecule has 1 atom stereocenters. The highest BCUT2D eigenvalue weighted by molar-refractivity contribution is 5.95. The molecule has 25 heavy (non-hydrogen) atoms. The van der Waals surface area contributed by atoms with Crippen molar-refractivity contribution in [2.24, 2.45) is 0 Å². The Morgan fingerprint density at radius 3 is 2.36 bits per heavy atom. The summed E-state index contributed by atoms with van der Waals surface area (Å²) in [5, 5.41) is 2.94. The van der Waals surface area contributed by atoms with Crippen molar-refractivity contribution in [3.63, 3.8) is 0 Å². The molecular weight excluding hydrogens is 314 g/mol. The Hall–Kier alpha value is -2.62. The zero-order valence-corrected chi connectivity index (χ0v) is 14.8. The molecule has 0 aliphatic carbocycles. The molecule has 0 bridgehead atoms. The summed E-state index contributed by atoms with van der Waals surface area (Å²) >= 11 is 0. The lowest BCUT2D eigenvalue weighted by atomic mass is 10.1. The summed E-state index contributed by atoms with van der Waals surface area (Å²) in [6, 6.07) is 17.2. The van der Waals surface area contributed by atoms with Gasteiger partial charge in [0.25, 0.3) is 5.91 Å². The molecule has 0 aliphatic heterocycles. The summed E-state index contributed by atoms with van der Waals surface area (Å²) in [5.41, 5.74) is 1.93. The van der Waals surface area contributed by atoms with E-state index >= 15 is 0 Å². The summed E-state index contributed by atoms with van der Waals surface area (Å²) in [4.78, 5) is 23.5. The van der Waals surface area contributed by atoms with Crippen LogP contribution in [0, 0.1) is 0 Å². The van der Waals surface area contributed by atoms with Crippen LogP contribution in [0.1, 0.15) is 42.6 Å². The third kappa shape index (κ3) is 6.42. The average molecular weight is 339 g/mol. The van der Waals surface area contributed by atoms with Gasteiger partial charge in [-0.1, -0.05) is 37.3 Å². The van der Waals surface area contributed by atoms with Gasteiger partial charge >= 0.3 is 0 Å². The number of hydrogen-bond donors (Lipinski definition) is 1. The minimum atomic E-state index is -0.144. The quantitative estimate of drug-likeness (QED) is 0.707. The van der Waals surface area contributed by atoms with Gasteiger partial charge in [0.15, 0.2) is 12.4 Å². The number of carbonyl (C=O) groups is 2. The van der Waals surface area contributed by atoms with Crippen molar-refractivity contribution in [1.29, 1.82) is 0 Å². The van der Waals surface area contributed by atoms with E-state index in [4.69, 9.17) is 4.74 Å². The molecule has 1 N–H and O–H groups in total. The number of rotatable bonds is 9. The number of benzene rings is 2. The Balaban J connectivity index is 1.71. The van der Waals surface area contributed by atoms with E-state index in [-0.39, 0.29) is 24.3 Å². The second-order valence-corrected chi connectivity index (χ2v) is 6.08. The van der Waals surface area contributed by atoms with Gasteiger partial charge in [-0.25, -0.2) is 0 Å². The molecule has 0 radical (unpaired) electrons. The zero-order valence-electron chi connectivity index (χ0n) is 14.8. The van der Waals surface area contributed by atoms with Gasteiger partial charge in [0.2, 0.25) is 0 Å². The first-order valence-corrected chi connectivity index (χ1v) is 8.68. The van der Waals surface area contributed by atoms with Gasteiger partial charge in [-0.05, 0) is 49.6 Å². The van der Waals surface area contributed by atoms with Crippen molar-refractivity contribution in [2.45, 2.75) is 39.2 Å². The number of amides is 1. The maximum absolute atomic E-state index is 12.0. The smallest absolute Gasteiger partial charge is 0.258 e. The minimum absolute atomic E-state index is 0.0310. The Bertz CT molecular complexity index is 680. The number of aryl methyl sites for hydroxylation is 1. The standard InChI is InChI=1S/C21H25NO3/c1-3-20(23)18-11-13-19(14-12-18)25-15-21(24)22-16(2)9-10-17-7-5-4-6-8-17/h4-8,11-14,16H,3,9-10,15H2,1-2H3,(H,22,24)/t16-/m1/s1. The largest absolute Gasteiger partial charge is 0.484 e. The first-order valence-electron chi connectivity index (χ1n) is 8.68. The normalized spacial score (nSPS) is 11.6. The highest BCUT2D eigenvalue weighted by Crippen LogP contribution is 2.13. The molecule has 0 aliphatic rings. The Kier molecular flexibility index (Phi) is 7.20. The van der Waals surface area contributed by atoms with Gasteiger partial charge in [-0.3, -0.25) is 9.59 Å². The number of Topliss-reactive ketones (excluding diaryl/α,β-unsaturated/α-hetero) is 1. The Morgan fingerprint density at radius 2 is 1.72 bits per heavy atom. The van der Waals surface area contributed by atoms with E-state index in [1.165, 1.54) is 5.56 Å². The third-order valence-corrected chi connectivity index (χ3v) is 3.98. The van der Waals surface area contributed by atoms with E-state index in [9.17, 15) is 9.59 Å². The van der Waals surface area contributed by atoms with Gasteiger partial charge in [-0.15, -0.1) is 0 Å². The Morgan fingerprint density at radius 1 is 1.04 bits per heavy atom. The van der Waals surface area contributed by atoms with E-state index in [2.05, 4.69) is 17.4 Å². The highest BCUT2D eigenvalue weighted by atomic mass is 16.5. The van der Waals surface area contributed by atoms with Crippen LogP contribution >= 0.6 is 0 Å². The van der Waals surface area contributed by atoms with Crippen molar-refractivity contribution in [3.05, 3.63) is 65.7 Å². The first kappa shape index (κ1) is 18.7. The molecule has 2 aromatic carbocycles. The van der Waals surface area contributed by atoms with Crippen molar-refractivity contribution >= 4 is 11.7 Å². The van der Waals surface area contributed by atoms with Crippen molar-refractivity contribution in [2.75, 3.05) is 6.61 Å². The predicted octanol–water partition coefficient (Wildman–Crippen LogP) is 3.80. The second kappa shape index (κ2) is 9.62. The van der Waals surface area contributed by atoms with E-state index in [1.807, 2.05) is 32.0 Å². The Labute approximate surface area is 149 Å². The fraction of sp³-hybridized carbons (Fsp3) is 0.333. The topological polar surface area (TPSA) is 55.4 Å². The fourth-order valence-electron chi connectivity index (χ4n) is 2.51. The summed E-state index contributed by atoms with van der Waals surface area (Å²) in [7, 11) is 0. The summed E-state index contributed by atoms with van der Waals surface area (Å²) in [5.74, 6) is 0.533. The molecular formula is C21H25NO3. The molecule has 0 fully saturated rings. The third-order valence-electron chi connectivity index (χ3n) is 3.98. The molecule has 2 aromatic rings. The minimum Gasteiger partial charge on any atom is -0.484 e. The van der Waals surface area contributed by atoms with Crippen LogP contribution in [0.4, 0.5) is 0 Å². The predicted molar refractivity (Wildman–Crippen MR) is 98.9 cm³/mol. The molecule has 1 amide bonds. The van der Waals surface area contributed by atoms with Crippen LogP contribution in [0.2, 0.25) is 0 Å². The van der Waals surface area contributed by atoms with Crippen LogP contribution < -0.4 is 10.1 Å². The monoisotopic (exact) mass is 339 g/mol. The molecule has 0 unspecified atom stereocenters. The summed E-state index contributed by atoms with van der Waals surface area (Å²) in [6.45, 7) is 3.79. The maximum Gasteiger partial charge on any atom is 0.258 e. The molecule has 4 heteroatoms. The molecule has 4 nitrogen and oxygen atoms in total. The molecule has 0 aromatic heterocycles. The van der Waals surface area contributed by atoms with E-state index in [0.29, 0.717) is 17.7 Å². The molecule has 132 valence electrons. The number of carbonyl (C=O) groups excluding carboxylic acids is 2. The lowest BCUT2D eigenvalue weighted by Gasteiger charge is -2.14. The van der Waals surface area contributed by atoms with Crippen LogP contribution in [-0.4, -0.2) is 24.3 Å². The highest BCUT2D eigenvalue weighted by Gasteiger charge is 2.09. The van der Waals surface area contributed by atoms with Crippen LogP contribution in [0.3, 0.4) is 0 Å². The first-order chi connectivity index (χ1) is 12.1. The molecule has 2 rings (SSSR count). The van der Waals surface area contributed by atoms with Crippen LogP contribution in [-0.2, 0) is 11.2 Å². The molecule has 0 saturated heterocycles.